The van der Waals surface area contributed by atoms with Crippen molar-refractivity contribution in [3.8, 4) is 23.5 Å². The van der Waals surface area contributed by atoms with E-state index in [1.54, 1.807) is 42.6 Å². The number of halogens is 1. The molecule has 2 aromatic heterocycles. The highest BCUT2D eigenvalue weighted by Gasteiger charge is 2.21. The lowest BCUT2D eigenvalue weighted by Crippen LogP contribution is -2.05. The van der Waals surface area contributed by atoms with Crippen molar-refractivity contribution in [3.05, 3.63) is 59.2 Å². The van der Waals surface area contributed by atoms with Crippen molar-refractivity contribution < 1.29 is 23.2 Å². The Bertz CT molecular complexity index is 952. The van der Waals surface area contributed by atoms with Crippen LogP contribution < -0.4 is 14.2 Å². The minimum absolute atomic E-state index is 0.0259. The van der Waals surface area contributed by atoms with Crippen molar-refractivity contribution in [2.75, 3.05) is 14.2 Å². The van der Waals surface area contributed by atoms with Gasteiger partial charge in [0.15, 0.2) is 0 Å². The lowest BCUT2D eigenvalue weighted by atomic mass is 10.2. The summed E-state index contributed by atoms with van der Waals surface area (Å²) in [7, 11) is 2.89. The van der Waals surface area contributed by atoms with Crippen LogP contribution in [0.4, 0.5) is 0 Å². The SMILES string of the molecule is COc1cc(OC)nc(Oc2cccc(Cl)c2C(=O)OSc2ccccn2)n1. The summed E-state index contributed by atoms with van der Waals surface area (Å²) in [4.78, 5) is 24.8. The number of carbonyl (C=O) groups is 1. The van der Waals surface area contributed by atoms with Gasteiger partial charge in [-0.2, -0.15) is 9.97 Å². The van der Waals surface area contributed by atoms with Crippen molar-refractivity contribution in [1.82, 2.24) is 15.0 Å². The monoisotopic (exact) mass is 419 g/mol. The van der Waals surface area contributed by atoms with Crippen molar-refractivity contribution in [1.29, 1.82) is 0 Å². The summed E-state index contributed by atoms with van der Waals surface area (Å²) in [5.74, 6) is -0.113. The van der Waals surface area contributed by atoms with E-state index in [9.17, 15) is 4.79 Å². The van der Waals surface area contributed by atoms with E-state index in [4.69, 9.17) is 30.0 Å². The first-order chi connectivity index (χ1) is 13.6. The molecule has 0 unspecified atom stereocenters. The van der Waals surface area contributed by atoms with Gasteiger partial charge in [-0.15, -0.1) is 0 Å². The highest BCUT2D eigenvalue weighted by atomic mass is 35.5. The Morgan fingerprint density at radius 1 is 1.04 bits per heavy atom. The van der Waals surface area contributed by atoms with Gasteiger partial charge in [-0.1, -0.05) is 23.7 Å². The lowest BCUT2D eigenvalue weighted by Gasteiger charge is -2.11. The molecule has 28 heavy (non-hydrogen) atoms. The van der Waals surface area contributed by atoms with E-state index in [0.29, 0.717) is 5.03 Å². The zero-order chi connectivity index (χ0) is 19.9. The second-order valence-electron chi connectivity index (χ2n) is 5.07. The smallest absolute Gasteiger partial charge is 0.355 e. The first-order valence-electron chi connectivity index (χ1n) is 7.84. The lowest BCUT2D eigenvalue weighted by molar-refractivity contribution is 0.0765. The van der Waals surface area contributed by atoms with E-state index in [1.165, 1.54) is 20.3 Å². The third-order valence-electron chi connectivity index (χ3n) is 3.30. The molecule has 0 amide bonds. The molecule has 0 aliphatic carbocycles. The molecule has 2 heterocycles. The zero-order valence-corrected chi connectivity index (χ0v) is 16.4. The molecule has 1 aromatic carbocycles. The fraction of sp³-hybridized carbons (Fsp3) is 0.111. The molecule has 10 heteroatoms. The Labute approximate surface area is 170 Å². The molecule has 0 fully saturated rings. The summed E-state index contributed by atoms with van der Waals surface area (Å²) in [6, 6.07) is 11.4. The molecule has 0 aliphatic rings. The average molecular weight is 420 g/mol. The van der Waals surface area contributed by atoms with Gasteiger partial charge in [0.05, 0.1) is 25.3 Å². The predicted molar refractivity (Wildman–Crippen MR) is 102 cm³/mol. The van der Waals surface area contributed by atoms with E-state index < -0.39 is 5.97 Å². The fourth-order valence-corrected chi connectivity index (χ4v) is 2.77. The number of benzene rings is 1. The molecule has 3 aromatic rings. The number of carbonyl (C=O) groups excluding carboxylic acids is 1. The van der Waals surface area contributed by atoms with E-state index in [0.717, 1.165) is 12.0 Å². The maximum atomic E-state index is 12.6. The van der Waals surface area contributed by atoms with Crippen molar-refractivity contribution in [2.45, 2.75) is 5.03 Å². The van der Waals surface area contributed by atoms with Gasteiger partial charge in [0, 0.05) is 6.20 Å². The number of hydrogen-bond donors (Lipinski definition) is 0. The molecule has 0 atom stereocenters. The Hall–Kier alpha value is -3.04. The molecular formula is C18H14ClN3O5S. The Morgan fingerprint density at radius 3 is 2.43 bits per heavy atom. The number of hydrogen-bond acceptors (Lipinski definition) is 9. The van der Waals surface area contributed by atoms with Gasteiger partial charge in [-0.25, -0.2) is 9.78 Å². The molecule has 0 bridgehead atoms. The first-order valence-corrected chi connectivity index (χ1v) is 8.96. The van der Waals surface area contributed by atoms with Gasteiger partial charge in [-0.3, -0.25) is 0 Å². The van der Waals surface area contributed by atoms with Crippen LogP contribution in [0.2, 0.25) is 5.02 Å². The minimum atomic E-state index is -0.703. The van der Waals surface area contributed by atoms with E-state index in [2.05, 4.69) is 15.0 Å². The molecule has 8 nitrogen and oxygen atoms in total. The molecule has 0 aliphatic heterocycles. The molecule has 0 N–H and O–H groups in total. The molecule has 0 spiro atoms. The molecule has 0 radical (unpaired) electrons. The summed E-state index contributed by atoms with van der Waals surface area (Å²) in [5.41, 5.74) is 0.0259. The molecule has 0 saturated carbocycles. The number of rotatable bonds is 7. The van der Waals surface area contributed by atoms with Crippen molar-refractivity contribution >= 4 is 29.6 Å². The van der Waals surface area contributed by atoms with Crippen LogP contribution in [0, 0.1) is 0 Å². The van der Waals surface area contributed by atoms with Crippen molar-refractivity contribution in [2.24, 2.45) is 0 Å². The quantitative estimate of drug-likeness (QED) is 0.522. The van der Waals surface area contributed by atoms with Gasteiger partial charge in [0.2, 0.25) is 11.8 Å². The zero-order valence-electron chi connectivity index (χ0n) is 14.8. The summed E-state index contributed by atoms with van der Waals surface area (Å²) in [6.45, 7) is 0. The van der Waals surface area contributed by atoms with Gasteiger partial charge in [0.25, 0.3) is 0 Å². The normalized spacial score (nSPS) is 10.2. The Kier molecular flexibility index (Phi) is 6.51. The predicted octanol–water partition coefficient (Wildman–Crippen LogP) is 4.20. The number of ether oxygens (including phenoxy) is 3. The van der Waals surface area contributed by atoms with E-state index in [1.807, 2.05) is 0 Å². The number of methoxy groups -OCH3 is 2. The van der Waals surface area contributed by atoms with Crippen LogP contribution in [0.3, 0.4) is 0 Å². The van der Waals surface area contributed by atoms with E-state index in [-0.39, 0.29) is 34.1 Å². The van der Waals surface area contributed by atoms with Crippen LogP contribution in [0.1, 0.15) is 10.4 Å². The van der Waals surface area contributed by atoms with Crippen LogP contribution >= 0.6 is 23.6 Å². The molecule has 144 valence electrons. The van der Waals surface area contributed by atoms with Gasteiger partial charge >= 0.3 is 12.0 Å². The highest BCUT2D eigenvalue weighted by Crippen LogP contribution is 2.32. The Balaban J connectivity index is 1.85. The summed E-state index contributed by atoms with van der Waals surface area (Å²) < 4.78 is 21.0. The Morgan fingerprint density at radius 2 is 1.79 bits per heavy atom. The standard InChI is InChI=1S/C18H14ClN3O5S/c1-24-13-10-14(25-2)22-18(21-13)26-12-7-5-6-11(19)16(12)17(23)27-28-15-8-3-4-9-20-15/h3-10H,1-2H3. The third-order valence-corrected chi connectivity index (χ3v) is 4.26. The topological polar surface area (TPSA) is 92.7 Å². The molecular weight excluding hydrogens is 406 g/mol. The third kappa shape index (κ3) is 4.81. The number of pyridine rings is 1. The summed E-state index contributed by atoms with van der Waals surface area (Å²) in [6.07, 6.45) is 1.59. The van der Waals surface area contributed by atoms with Gasteiger partial charge in [-0.05, 0) is 24.3 Å². The van der Waals surface area contributed by atoms with Crippen LogP contribution in [0.15, 0.2) is 53.7 Å². The molecule has 0 saturated heterocycles. The van der Waals surface area contributed by atoms with Crippen LogP contribution in [0.25, 0.3) is 0 Å². The maximum Gasteiger partial charge on any atom is 0.355 e. The largest absolute Gasteiger partial charge is 0.481 e. The second kappa shape index (κ2) is 9.25. The van der Waals surface area contributed by atoms with Gasteiger partial charge in [0.1, 0.15) is 28.4 Å². The van der Waals surface area contributed by atoms with Crippen molar-refractivity contribution in [3.63, 3.8) is 0 Å². The number of aromatic nitrogens is 3. The van der Waals surface area contributed by atoms with Gasteiger partial charge < -0.3 is 18.4 Å². The first kappa shape index (κ1) is 19.7. The summed E-state index contributed by atoms with van der Waals surface area (Å²) >= 11 is 7.01. The van der Waals surface area contributed by atoms with Crippen LogP contribution in [-0.4, -0.2) is 35.1 Å². The average Bonchev–Trinajstić information content (AvgIpc) is 2.72. The molecule has 3 rings (SSSR count). The number of nitrogens with zero attached hydrogens (tertiary/aromatic N) is 3. The maximum absolute atomic E-state index is 12.6. The van der Waals surface area contributed by atoms with E-state index >= 15 is 0 Å². The minimum Gasteiger partial charge on any atom is -0.481 e. The second-order valence-corrected chi connectivity index (χ2v) is 6.23. The fourth-order valence-electron chi connectivity index (χ4n) is 2.04. The van der Waals surface area contributed by atoms with Crippen LogP contribution in [0.5, 0.6) is 23.5 Å². The summed E-state index contributed by atoms with van der Waals surface area (Å²) in [5, 5.41) is 0.671. The highest BCUT2D eigenvalue weighted by molar-refractivity contribution is 7.95. The van der Waals surface area contributed by atoms with Crippen LogP contribution in [-0.2, 0) is 4.18 Å².